The predicted molar refractivity (Wildman–Crippen MR) is 94.5 cm³/mol. The van der Waals surface area contributed by atoms with Gasteiger partial charge in [0.25, 0.3) is 0 Å². The number of Topliss-reactive ketones (excluding diaryl/α,β-unsaturated/α-hetero) is 1. The van der Waals surface area contributed by atoms with Crippen molar-refractivity contribution in [2.75, 3.05) is 19.2 Å². The van der Waals surface area contributed by atoms with Crippen LogP contribution in [0.1, 0.15) is 21.5 Å². The van der Waals surface area contributed by atoms with E-state index < -0.39 is 5.97 Å². The van der Waals surface area contributed by atoms with Crippen molar-refractivity contribution >= 4 is 23.5 Å². The van der Waals surface area contributed by atoms with Crippen LogP contribution < -0.4 is 9.47 Å². The van der Waals surface area contributed by atoms with E-state index in [4.69, 9.17) is 14.2 Å². The fourth-order valence-corrected chi connectivity index (χ4v) is 3.26. The van der Waals surface area contributed by atoms with Crippen molar-refractivity contribution in [3.05, 3.63) is 53.1 Å². The van der Waals surface area contributed by atoms with Gasteiger partial charge in [-0.3, -0.25) is 9.59 Å². The Morgan fingerprint density at radius 3 is 2.72 bits per heavy atom. The van der Waals surface area contributed by atoms with Gasteiger partial charge in [-0.2, -0.15) is 0 Å². The molecule has 0 saturated heterocycles. The Morgan fingerprint density at radius 1 is 1.08 bits per heavy atom. The molecule has 2 aromatic carbocycles. The Morgan fingerprint density at radius 2 is 1.88 bits per heavy atom. The molecule has 0 radical (unpaired) electrons. The van der Waals surface area contributed by atoms with Crippen LogP contribution in [0.3, 0.4) is 0 Å². The standard InChI is InChI=1S/C19H18O5S/c1-12-3-4-13(2)18(7-12)25-10-19(21)22-9-15(20)14-5-6-16-17(8-14)24-11-23-16/h3-8H,9-11H2,1-2H3. The zero-order valence-corrected chi connectivity index (χ0v) is 14.9. The molecule has 0 amide bonds. The van der Waals surface area contributed by atoms with Gasteiger partial charge < -0.3 is 14.2 Å². The second kappa shape index (κ2) is 7.61. The molecular weight excluding hydrogens is 340 g/mol. The summed E-state index contributed by atoms with van der Waals surface area (Å²) in [4.78, 5) is 25.1. The lowest BCUT2D eigenvalue weighted by Crippen LogP contribution is -2.15. The molecule has 6 heteroatoms. The number of esters is 1. The summed E-state index contributed by atoms with van der Waals surface area (Å²) in [6, 6.07) is 11.0. The number of ether oxygens (including phenoxy) is 3. The molecular formula is C19H18O5S. The van der Waals surface area contributed by atoms with Crippen molar-refractivity contribution in [1.82, 2.24) is 0 Å². The van der Waals surface area contributed by atoms with Gasteiger partial charge in [-0.1, -0.05) is 17.7 Å². The molecule has 0 atom stereocenters. The Hall–Kier alpha value is -2.47. The molecule has 0 spiro atoms. The van der Waals surface area contributed by atoms with E-state index in [1.54, 1.807) is 18.2 Å². The molecule has 5 nitrogen and oxygen atoms in total. The highest BCUT2D eigenvalue weighted by Crippen LogP contribution is 2.32. The molecule has 1 aliphatic rings. The first kappa shape index (κ1) is 17.4. The quantitative estimate of drug-likeness (QED) is 0.447. The minimum atomic E-state index is -0.417. The van der Waals surface area contributed by atoms with E-state index in [0.717, 1.165) is 16.0 Å². The average Bonchev–Trinajstić information content (AvgIpc) is 3.08. The number of benzene rings is 2. The fourth-order valence-electron chi connectivity index (χ4n) is 2.34. The molecule has 2 aromatic rings. The number of hydrogen-bond acceptors (Lipinski definition) is 6. The van der Waals surface area contributed by atoms with Gasteiger partial charge in [0.15, 0.2) is 23.9 Å². The van der Waals surface area contributed by atoms with Gasteiger partial charge >= 0.3 is 5.97 Å². The SMILES string of the molecule is Cc1ccc(C)c(SCC(=O)OCC(=O)c2ccc3c(c2)OCO3)c1. The molecule has 0 aliphatic carbocycles. The molecule has 0 saturated carbocycles. The number of hydrogen-bond donors (Lipinski definition) is 0. The molecule has 0 unspecified atom stereocenters. The number of ketones is 1. The summed E-state index contributed by atoms with van der Waals surface area (Å²) in [5, 5.41) is 0. The maximum atomic E-state index is 12.1. The van der Waals surface area contributed by atoms with E-state index in [2.05, 4.69) is 0 Å². The normalized spacial score (nSPS) is 12.1. The highest BCUT2D eigenvalue weighted by Gasteiger charge is 2.17. The van der Waals surface area contributed by atoms with Crippen LogP contribution in [0.2, 0.25) is 0 Å². The molecule has 0 aromatic heterocycles. The van der Waals surface area contributed by atoms with E-state index in [0.29, 0.717) is 17.1 Å². The lowest BCUT2D eigenvalue weighted by Gasteiger charge is -2.07. The van der Waals surface area contributed by atoms with Crippen LogP contribution in [-0.4, -0.2) is 30.9 Å². The van der Waals surface area contributed by atoms with Crippen LogP contribution in [0.4, 0.5) is 0 Å². The van der Waals surface area contributed by atoms with Gasteiger partial charge in [-0.15, -0.1) is 11.8 Å². The average molecular weight is 358 g/mol. The second-order valence-corrected chi connectivity index (χ2v) is 6.73. The minimum absolute atomic E-state index is 0.150. The summed E-state index contributed by atoms with van der Waals surface area (Å²) in [5.41, 5.74) is 2.68. The monoisotopic (exact) mass is 358 g/mol. The molecule has 0 bridgehead atoms. The first-order valence-electron chi connectivity index (χ1n) is 7.81. The number of carbonyl (C=O) groups is 2. The van der Waals surface area contributed by atoms with Gasteiger partial charge in [0.05, 0.1) is 5.75 Å². The lowest BCUT2D eigenvalue weighted by atomic mass is 10.1. The highest BCUT2D eigenvalue weighted by molar-refractivity contribution is 8.00. The van der Waals surface area contributed by atoms with E-state index in [1.807, 2.05) is 32.0 Å². The maximum Gasteiger partial charge on any atom is 0.316 e. The fraction of sp³-hybridized carbons (Fsp3) is 0.263. The molecule has 25 heavy (non-hydrogen) atoms. The lowest BCUT2D eigenvalue weighted by molar-refractivity contribution is -0.139. The van der Waals surface area contributed by atoms with E-state index in [-0.39, 0.29) is 24.9 Å². The third kappa shape index (κ3) is 4.33. The number of aryl methyl sites for hydroxylation is 2. The first-order chi connectivity index (χ1) is 12.0. The molecule has 0 fully saturated rings. The van der Waals surface area contributed by atoms with Crippen LogP contribution in [-0.2, 0) is 9.53 Å². The van der Waals surface area contributed by atoms with E-state index in [9.17, 15) is 9.59 Å². The third-order valence-corrected chi connectivity index (χ3v) is 4.88. The maximum absolute atomic E-state index is 12.1. The highest BCUT2D eigenvalue weighted by atomic mass is 32.2. The van der Waals surface area contributed by atoms with Crippen LogP contribution in [0.15, 0.2) is 41.3 Å². The van der Waals surface area contributed by atoms with Crippen molar-refractivity contribution in [3.8, 4) is 11.5 Å². The van der Waals surface area contributed by atoms with E-state index in [1.165, 1.54) is 11.8 Å². The van der Waals surface area contributed by atoms with Crippen molar-refractivity contribution in [1.29, 1.82) is 0 Å². The topological polar surface area (TPSA) is 61.8 Å². The van der Waals surface area contributed by atoms with Crippen molar-refractivity contribution < 1.29 is 23.8 Å². The summed E-state index contributed by atoms with van der Waals surface area (Å²) in [6.07, 6.45) is 0. The summed E-state index contributed by atoms with van der Waals surface area (Å²) in [7, 11) is 0. The molecule has 1 aliphatic heterocycles. The van der Waals surface area contributed by atoms with Gasteiger partial charge in [-0.05, 0) is 43.7 Å². The summed E-state index contributed by atoms with van der Waals surface area (Å²) in [5.74, 6) is 0.614. The number of carbonyl (C=O) groups excluding carboxylic acids is 2. The van der Waals surface area contributed by atoms with Crippen LogP contribution >= 0.6 is 11.8 Å². The van der Waals surface area contributed by atoms with Gasteiger partial charge in [0, 0.05) is 10.5 Å². The van der Waals surface area contributed by atoms with Gasteiger partial charge in [0.1, 0.15) is 0 Å². The van der Waals surface area contributed by atoms with E-state index >= 15 is 0 Å². The first-order valence-corrected chi connectivity index (χ1v) is 8.80. The Kier molecular flexibility index (Phi) is 5.28. The molecule has 1 heterocycles. The molecule has 3 rings (SSSR count). The Labute approximate surface area is 150 Å². The zero-order chi connectivity index (χ0) is 17.8. The van der Waals surface area contributed by atoms with Crippen molar-refractivity contribution in [3.63, 3.8) is 0 Å². The zero-order valence-electron chi connectivity index (χ0n) is 14.0. The van der Waals surface area contributed by atoms with Gasteiger partial charge in [0.2, 0.25) is 6.79 Å². The van der Waals surface area contributed by atoms with Crippen LogP contribution in [0, 0.1) is 13.8 Å². The van der Waals surface area contributed by atoms with Crippen LogP contribution in [0.25, 0.3) is 0 Å². The second-order valence-electron chi connectivity index (χ2n) is 5.71. The van der Waals surface area contributed by atoms with Crippen molar-refractivity contribution in [2.45, 2.75) is 18.7 Å². The number of fused-ring (bicyclic) bond motifs is 1. The summed E-state index contributed by atoms with van der Waals surface area (Å²) < 4.78 is 15.5. The summed E-state index contributed by atoms with van der Waals surface area (Å²) >= 11 is 1.41. The van der Waals surface area contributed by atoms with Crippen LogP contribution in [0.5, 0.6) is 11.5 Å². The van der Waals surface area contributed by atoms with Crippen molar-refractivity contribution in [2.24, 2.45) is 0 Å². The Balaban J connectivity index is 1.50. The number of rotatable bonds is 6. The number of thioether (sulfide) groups is 1. The summed E-state index contributed by atoms with van der Waals surface area (Å²) in [6.45, 7) is 3.87. The molecule has 0 N–H and O–H groups in total. The minimum Gasteiger partial charge on any atom is -0.457 e. The predicted octanol–water partition coefficient (Wildman–Crippen LogP) is 3.55. The smallest absolute Gasteiger partial charge is 0.316 e. The third-order valence-electron chi connectivity index (χ3n) is 3.75. The Bertz CT molecular complexity index is 815. The largest absolute Gasteiger partial charge is 0.457 e. The molecule has 130 valence electrons. The van der Waals surface area contributed by atoms with Gasteiger partial charge in [-0.25, -0.2) is 0 Å².